The molecule has 4 heteroatoms. The monoisotopic (exact) mass is 271 g/mol. The number of likely N-dealkylation sites (N-methyl/N-ethyl adjacent to an activating group) is 1. The highest BCUT2D eigenvalue weighted by atomic mass is 35.5. The zero-order valence-electron chi connectivity index (χ0n) is 10.6. The highest BCUT2D eigenvalue weighted by Crippen LogP contribution is 2.21. The Morgan fingerprint density at radius 1 is 1.56 bits per heavy atom. The van der Waals surface area contributed by atoms with E-state index in [1.165, 1.54) is 6.07 Å². The third-order valence-electron chi connectivity index (χ3n) is 3.53. The van der Waals surface area contributed by atoms with Crippen LogP contribution >= 0.6 is 11.6 Å². The third kappa shape index (κ3) is 3.67. The summed E-state index contributed by atoms with van der Waals surface area (Å²) < 4.78 is 19.1. The minimum absolute atomic E-state index is 0.217. The molecule has 0 spiro atoms. The van der Waals surface area contributed by atoms with Gasteiger partial charge in [-0.3, -0.25) is 0 Å². The predicted octanol–water partition coefficient (Wildman–Crippen LogP) is 3.04. The van der Waals surface area contributed by atoms with E-state index in [-0.39, 0.29) is 11.9 Å². The lowest BCUT2D eigenvalue weighted by molar-refractivity contribution is 0.181. The van der Waals surface area contributed by atoms with Crippen LogP contribution in [-0.4, -0.2) is 26.3 Å². The molecule has 2 atom stereocenters. The van der Waals surface area contributed by atoms with Crippen molar-refractivity contribution in [3.8, 4) is 0 Å². The normalized spacial score (nSPS) is 21.2. The van der Waals surface area contributed by atoms with Crippen LogP contribution in [0.25, 0.3) is 0 Å². The molecule has 1 N–H and O–H groups in total. The highest BCUT2D eigenvalue weighted by Gasteiger charge is 2.20. The maximum absolute atomic E-state index is 13.7. The topological polar surface area (TPSA) is 21.3 Å². The van der Waals surface area contributed by atoms with Crippen LogP contribution in [0.1, 0.15) is 18.4 Å². The van der Waals surface area contributed by atoms with Crippen LogP contribution in [0, 0.1) is 11.7 Å². The first-order chi connectivity index (χ1) is 8.69. The molecular formula is C14H19ClFNO. The fourth-order valence-corrected chi connectivity index (χ4v) is 2.59. The molecule has 0 aromatic heterocycles. The maximum atomic E-state index is 13.7. The third-order valence-corrected chi connectivity index (χ3v) is 3.77. The number of nitrogens with one attached hydrogen (secondary N) is 1. The minimum Gasteiger partial charge on any atom is -0.381 e. The van der Waals surface area contributed by atoms with Crippen LogP contribution < -0.4 is 5.32 Å². The Labute approximate surface area is 112 Å². The van der Waals surface area contributed by atoms with Crippen molar-refractivity contribution in [2.75, 3.05) is 20.3 Å². The van der Waals surface area contributed by atoms with Gasteiger partial charge in [0, 0.05) is 24.3 Å². The van der Waals surface area contributed by atoms with Gasteiger partial charge >= 0.3 is 0 Å². The van der Waals surface area contributed by atoms with E-state index in [1.807, 2.05) is 7.05 Å². The fourth-order valence-electron chi connectivity index (χ4n) is 2.43. The molecule has 0 amide bonds. The second-order valence-corrected chi connectivity index (χ2v) is 5.33. The highest BCUT2D eigenvalue weighted by molar-refractivity contribution is 6.30. The molecule has 0 radical (unpaired) electrons. The van der Waals surface area contributed by atoms with Crippen molar-refractivity contribution in [1.29, 1.82) is 0 Å². The van der Waals surface area contributed by atoms with Gasteiger partial charge in [0.15, 0.2) is 0 Å². The molecule has 1 aliphatic rings. The van der Waals surface area contributed by atoms with E-state index in [0.717, 1.165) is 31.6 Å². The Kier molecular flexibility index (Phi) is 4.98. The van der Waals surface area contributed by atoms with Crippen LogP contribution in [0.4, 0.5) is 4.39 Å². The molecule has 1 aromatic carbocycles. The second-order valence-electron chi connectivity index (χ2n) is 4.89. The molecule has 1 fully saturated rings. The largest absolute Gasteiger partial charge is 0.381 e. The lowest BCUT2D eigenvalue weighted by Crippen LogP contribution is -2.30. The van der Waals surface area contributed by atoms with Crippen LogP contribution in [0.3, 0.4) is 0 Å². The van der Waals surface area contributed by atoms with E-state index in [1.54, 1.807) is 12.1 Å². The number of hydrogen-bond acceptors (Lipinski definition) is 2. The van der Waals surface area contributed by atoms with Crippen molar-refractivity contribution in [2.24, 2.45) is 5.92 Å². The molecule has 1 aromatic rings. The van der Waals surface area contributed by atoms with Gasteiger partial charge in [0.05, 0.1) is 0 Å². The number of hydrogen-bond donors (Lipinski definition) is 1. The first-order valence-electron chi connectivity index (χ1n) is 6.38. The van der Waals surface area contributed by atoms with Gasteiger partial charge in [0.1, 0.15) is 5.82 Å². The number of ether oxygens (including phenoxy) is 1. The summed E-state index contributed by atoms with van der Waals surface area (Å²) in [5, 5.41) is 3.71. The van der Waals surface area contributed by atoms with Gasteiger partial charge in [-0.2, -0.15) is 0 Å². The first kappa shape index (κ1) is 13.8. The van der Waals surface area contributed by atoms with Crippen LogP contribution in [-0.2, 0) is 11.2 Å². The molecule has 2 nitrogen and oxygen atoms in total. The first-order valence-corrected chi connectivity index (χ1v) is 6.75. The molecule has 0 saturated carbocycles. The fraction of sp³-hybridized carbons (Fsp3) is 0.571. The molecule has 0 bridgehead atoms. The van der Waals surface area contributed by atoms with Crippen molar-refractivity contribution in [3.05, 3.63) is 34.6 Å². The van der Waals surface area contributed by atoms with E-state index in [0.29, 0.717) is 17.4 Å². The Morgan fingerprint density at radius 3 is 3.00 bits per heavy atom. The molecule has 2 unspecified atom stereocenters. The smallest absolute Gasteiger partial charge is 0.127 e. The summed E-state index contributed by atoms with van der Waals surface area (Å²) in [6.07, 6.45) is 2.83. The zero-order valence-corrected chi connectivity index (χ0v) is 11.3. The van der Waals surface area contributed by atoms with E-state index in [2.05, 4.69) is 5.32 Å². The van der Waals surface area contributed by atoms with E-state index < -0.39 is 0 Å². The summed E-state index contributed by atoms with van der Waals surface area (Å²) >= 11 is 5.75. The minimum atomic E-state index is -0.217. The van der Waals surface area contributed by atoms with Crippen LogP contribution in [0.15, 0.2) is 18.2 Å². The molecule has 1 saturated heterocycles. The second kappa shape index (κ2) is 6.50. The maximum Gasteiger partial charge on any atom is 0.127 e. The Morgan fingerprint density at radius 2 is 2.39 bits per heavy atom. The number of halogens is 2. The van der Waals surface area contributed by atoms with Gasteiger partial charge in [0.25, 0.3) is 0 Å². The molecular weight excluding hydrogens is 253 g/mol. The Balaban J connectivity index is 1.96. The lowest BCUT2D eigenvalue weighted by atomic mass is 9.94. The van der Waals surface area contributed by atoms with E-state index in [9.17, 15) is 4.39 Å². The summed E-state index contributed by atoms with van der Waals surface area (Å²) in [4.78, 5) is 0. The van der Waals surface area contributed by atoms with Crippen LogP contribution in [0.2, 0.25) is 5.02 Å². The lowest BCUT2D eigenvalue weighted by Gasteiger charge is -2.19. The van der Waals surface area contributed by atoms with Gasteiger partial charge in [-0.15, -0.1) is 0 Å². The molecule has 2 rings (SSSR count). The Bertz CT molecular complexity index is 393. The van der Waals surface area contributed by atoms with Gasteiger partial charge in [-0.25, -0.2) is 4.39 Å². The Hall–Kier alpha value is -0.640. The van der Waals surface area contributed by atoms with Crippen molar-refractivity contribution < 1.29 is 9.13 Å². The molecule has 18 heavy (non-hydrogen) atoms. The van der Waals surface area contributed by atoms with Crippen molar-refractivity contribution >= 4 is 11.6 Å². The summed E-state index contributed by atoms with van der Waals surface area (Å²) in [6, 6.07) is 5.17. The molecule has 1 heterocycles. The van der Waals surface area contributed by atoms with Crippen molar-refractivity contribution in [3.63, 3.8) is 0 Å². The molecule has 1 aliphatic heterocycles. The van der Waals surface area contributed by atoms with Crippen molar-refractivity contribution in [1.82, 2.24) is 5.32 Å². The average Bonchev–Trinajstić information content (AvgIpc) is 2.84. The molecule has 0 aliphatic carbocycles. The van der Waals surface area contributed by atoms with Crippen LogP contribution in [0.5, 0.6) is 0 Å². The quantitative estimate of drug-likeness (QED) is 0.889. The van der Waals surface area contributed by atoms with E-state index in [4.69, 9.17) is 16.3 Å². The average molecular weight is 272 g/mol. The summed E-state index contributed by atoms with van der Waals surface area (Å²) in [6.45, 7) is 1.69. The number of rotatable bonds is 5. The SMILES string of the molecule is CNC(Cc1ccc(Cl)cc1F)CC1CCOC1. The predicted molar refractivity (Wildman–Crippen MR) is 71.5 cm³/mol. The number of benzene rings is 1. The van der Waals surface area contributed by atoms with Gasteiger partial charge < -0.3 is 10.1 Å². The van der Waals surface area contributed by atoms with Gasteiger partial charge in [0.2, 0.25) is 0 Å². The summed E-state index contributed by atoms with van der Waals surface area (Å²) in [7, 11) is 1.92. The molecule has 100 valence electrons. The van der Waals surface area contributed by atoms with Gasteiger partial charge in [-0.05, 0) is 49.9 Å². The summed E-state index contributed by atoms with van der Waals surface area (Å²) in [5.41, 5.74) is 0.720. The summed E-state index contributed by atoms with van der Waals surface area (Å²) in [5.74, 6) is 0.378. The van der Waals surface area contributed by atoms with Gasteiger partial charge in [-0.1, -0.05) is 17.7 Å². The zero-order chi connectivity index (χ0) is 13.0. The van der Waals surface area contributed by atoms with Crippen molar-refractivity contribution in [2.45, 2.75) is 25.3 Å². The standard InChI is InChI=1S/C14H19ClFNO/c1-17-13(6-10-4-5-18-9-10)7-11-2-3-12(15)8-14(11)16/h2-3,8,10,13,17H,4-7,9H2,1H3. The van der Waals surface area contributed by atoms with E-state index >= 15 is 0 Å².